The lowest BCUT2D eigenvalue weighted by Gasteiger charge is -1.94. The van der Waals surface area contributed by atoms with Crippen molar-refractivity contribution in [3.05, 3.63) is 25.3 Å². The van der Waals surface area contributed by atoms with Crippen LogP contribution in [-0.4, -0.2) is 15.3 Å². The number of halogens is 1. The highest BCUT2D eigenvalue weighted by molar-refractivity contribution is 6.38. The van der Waals surface area contributed by atoms with Crippen molar-refractivity contribution < 1.29 is 4.39 Å². The zero-order chi connectivity index (χ0) is 6.41. The monoisotopic (exact) mass is 130 g/mol. The molecule has 0 radical (unpaired) electrons. The molecule has 0 heterocycles. The lowest BCUT2D eigenvalue weighted by molar-refractivity contribution is 0.506. The molecule has 0 aliphatic rings. The summed E-state index contributed by atoms with van der Waals surface area (Å²) >= 11 is 0. The summed E-state index contributed by atoms with van der Waals surface area (Å²) in [6, 6.07) is 0.868. The van der Waals surface area contributed by atoms with Gasteiger partial charge in [-0.2, -0.15) is 0 Å². The van der Waals surface area contributed by atoms with Gasteiger partial charge in [-0.25, -0.2) is 4.39 Å². The van der Waals surface area contributed by atoms with E-state index in [9.17, 15) is 4.39 Å². The van der Waals surface area contributed by atoms with Crippen LogP contribution in [0.2, 0.25) is 6.04 Å². The van der Waals surface area contributed by atoms with Crippen molar-refractivity contribution in [1.29, 1.82) is 0 Å². The Morgan fingerprint density at radius 1 is 1.62 bits per heavy atom. The minimum atomic E-state index is -0.715. The van der Waals surface area contributed by atoms with E-state index in [-0.39, 0.29) is 0 Å². The molecule has 1 unspecified atom stereocenters. The molecule has 0 aromatic carbocycles. The number of rotatable bonds is 4. The molecule has 0 aromatic rings. The van der Waals surface area contributed by atoms with E-state index in [2.05, 4.69) is 13.2 Å². The van der Waals surface area contributed by atoms with E-state index in [1.807, 2.05) is 0 Å². The van der Waals surface area contributed by atoms with Crippen LogP contribution in [0.25, 0.3) is 0 Å². The van der Waals surface area contributed by atoms with Crippen LogP contribution in [0.1, 0.15) is 0 Å². The van der Waals surface area contributed by atoms with Crippen molar-refractivity contribution in [2.24, 2.45) is 0 Å². The fourth-order valence-electron chi connectivity index (χ4n) is 0.395. The molecule has 0 bridgehead atoms. The summed E-state index contributed by atoms with van der Waals surface area (Å²) in [7, 11) is -0.567. The van der Waals surface area contributed by atoms with Crippen LogP contribution in [-0.2, 0) is 0 Å². The average Bonchev–Trinajstić information content (AvgIpc) is 1.83. The smallest absolute Gasteiger partial charge is 0.100 e. The Balaban J connectivity index is 3.09. The molecular weight excluding hydrogens is 119 g/mol. The van der Waals surface area contributed by atoms with Crippen LogP contribution >= 0.6 is 0 Å². The fourth-order valence-corrected chi connectivity index (χ4v) is 1.18. The maximum Gasteiger partial charge on any atom is 0.100 e. The first-order chi connectivity index (χ1) is 3.81. The standard InChI is InChI=1S/C6H11FSi/c1-3-5-8-6(7)4-2/h3-4,6H,1-2,5,8H2. The van der Waals surface area contributed by atoms with Gasteiger partial charge < -0.3 is 0 Å². The first-order valence-electron chi connectivity index (χ1n) is 2.68. The van der Waals surface area contributed by atoms with Gasteiger partial charge in [-0.15, -0.1) is 13.2 Å². The van der Waals surface area contributed by atoms with Crippen LogP contribution in [0.4, 0.5) is 4.39 Å². The van der Waals surface area contributed by atoms with Crippen molar-refractivity contribution in [3.63, 3.8) is 0 Å². The third kappa shape index (κ3) is 3.80. The maximum absolute atomic E-state index is 12.2. The largest absolute Gasteiger partial charge is 0.248 e. The van der Waals surface area contributed by atoms with E-state index >= 15 is 0 Å². The molecule has 46 valence electrons. The van der Waals surface area contributed by atoms with Crippen LogP contribution in [0.15, 0.2) is 25.3 Å². The van der Waals surface area contributed by atoms with Crippen molar-refractivity contribution in [1.82, 2.24) is 0 Å². The van der Waals surface area contributed by atoms with Crippen LogP contribution in [0.3, 0.4) is 0 Å². The summed E-state index contributed by atoms with van der Waals surface area (Å²) in [5.41, 5.74) is 0. The zero-order valence-corrected chi connectivity index (χ0v) is 6.35. The van der Waals surface area contributed by atoms with E-state index in [0.29, 0.717) is 0 Å². The molecule has 0 saturated carbocycles. The lowest BCUT2D eigenvalue weighted by atomic mass is 10.7. The molecule has 0 saturated heterocycles. The van der Waals surface area contributed by atoms with Gasteiger partial charge in [0.2, 0.25) is 0 Å². The summed E-state index contributed by atoms with van der Waals surface area (Å²) in [5, 5.41) is 0. The maximum atomic E-state index is 12.2. The van der Waals surface area contributed by atoms with Gasteiger partial charge >= 0.3 is 0 Å². The van der Waals surface area contributed by atoms with E-state index < -0.39 is 15.3 Å². The molecule has 0 amide bonds. The van der Waals surface area contributed by atoms with Gasteiger partial charge in [0.15, 0.2) is 0 Å². The summed E-state index contributed by atoms with van der Waals surface area (Å²) in [4.78, 5) is 0. The molecule has 0 aliphatic heterocycles. The van der Waals surface area contributed by atoms with E-state index in [0.717, 1.165) is 6.04 Å². The van der Waals surface area contributed by atoms with E-state index in [1.165, 1.54) is 6.08 Å². The molecular formula is C6H11FSi. The van der Waals surface area contributed by atoms with Gasteiger partial charge in [0.05, 0.1) is 9.52 Å². The second-order valence-electron chi connectivity index (χ2n) is 1.62. The number of alkyl halides is 1. The van der Waals surface area contributed by atoms with Crippen molar-refractivity contribution >= 4 is 9.52 Å². The SMILES string of the molecule is C=CC[SiH2]C(F)C=C. The van der Waals surface area contributed by atoms with E-state index in [4.69, 9.17) is 0 Å². The van der Waals surface area contributed by atoms with Crippen LogP contribution in [0, 0.1) is 0 Å². The summed E-state index contributed by atoms with van der Waals surface area (Å²) in [5.74, 6) is -0.715. The predicted molar refractivity (Wildman–Crippen MR) is 38.6 cm³/mol. The molecule has 0 nitrogen and oxygen atoms in total. The van der Waals surface area contributed by atoms with Gasteiger partial charge in [-0.05, 0) is 6.04 Å². The molecule has 0 aromatic heterocycles. The molecule has 8 heavy (non-hydrogen) atoms. The van der Waals surface area contributed by atoms with Crippen LogP contribution < -0.4 is 0 Å². The molecule has 0 N–H and O–H groups in total. The number of hydrogen-bond donors (Lipinski definition) is 0. The van der Waals surface area contributed by atoms with Gasteiger partial charge in [0.25, 0.3) is 0 Å². The highest BCUT2D eigenvalue weighted by Crippen LogP contribution is 1.91. The Hall–Kier alpha value is -0.373. The second-order valence-corrected chi connectivity index (χ2v) is 3.55. The third-order valence-electron chi connectivity index (χ3n) is 0.902. The van der Waals surface area contributed by atoms with Gasteiger partial charge in [-0.1, -0.05) is 12.2 Å². The fraction of sp³-hybridized carbons (Fsp3) is 0.333. The average molecular weight is 130 g/mol. The molecule has 0 fully saturated rings. The molecule has 2 heteroatoms. The van der Waals surface area contributed by atoms with Crippen molar-refractivity contribution in [2.75, 3.05) is 0 Å². The Bertz CT molecular complexity index is 80.6. The zero-order valence-electron chi connectivity index (χ0n) is 4.94. The quantitative estimate of drug-likeness (QED) is 0.397. The first-order valence-corrected chi connectivity index (χ1v) is 4.50. The Kier molecular flexibility index (Phi) is 4.55. The molecule has 0 aliphatic carbocycles. The number of allylic oxidation sites excluding steroid dienone is 2. The first kappa shape index (κ1) is 7.63. The number of hydrogen-bond acceptors (Lipinski definition) is 0. The second kappa shape index (κ2) is 4.78. The Labute approximate surface area is 51.9 Å². The Morgan fingerprint density at radius 3 is 2.62 bits per heavy atom. The van der Waals surface area contributed by atoms with Gasteiger partial charge in [0, 0.05) is 0 Å². The van der Waals surface area contributed by atoms with Crippen molar-refractivity contribution in [3.8, 4) is 0 Å². The van der Waals surface area contributed by atoms with Crippen molar-refractivity contribution in [2.45, 2.75) is 11.8 Å². The predicted octanol–water partition coefficient (Wildman–Crippen LogP) is 1.24. The van der Waals surface area contributed by atoms with E-state index in [1.54, 1.807) is 6.08 Å². The van der Waals surface area contributed by atoms with Gasteiger partial charge in [0.1, 0.15) is 5.79 Å². The summed E-state index contributed by atoms with van der Waals surface area (Å²) in [6.07, 6.45) is 3.14. The van der Waals surface area contributed by atoms with Gasteiger partial charge in [-0.3, -0.25) is 0 Å². The summed E-state index contributed by atoms with van der Waals surface area (Å²) < 4.78 is 12.2. The molecule has 0 spiro atoms. The minimum Gasteiger partial charge on any atom is -0.248 e. The van der Waals surface area contributed by atoms with Crippen LogP contribution in [0.5, 0.6) is 0 Å². The highest BCUT2D eigenvalue weighted by Gasteiger charge is 1.96. The molecule has 1 atom stereocenters. The lowest BCUT2D eigenvalue weighted by Crippen LogP contribution is -2.04. The third-order valence-corrected chi connectivity index (χ3v) is 2.53. The minimum absolute atomic E-state index is 0.567. The normalized spacial score (nSPS) is 14.1. The molecule has 0 rings (SSSR count). The summed E-state index contributed by atoms with van der Waals surface area (Å²) in [6.45, 7) is 6.84. The Morgan fingerprint density at radius 2 is 2.25 bits per heavy atom. The highest BCUT2D eigenvalue weighted by atomic mass is 28.2. The topological polar surface area (TPSA) is 0 Å².